The van der Waals surface area contributed by atoms with E-state index in [0.717, 1.165) is 19.7 Å². The molecular weight excluding hydrogens is 210 g/mol. The normalized spacial score (nSPS) is 24.9. The van der Waals surface area contributed by atoms with Gasteiger partial charge in [0, 0.05) is 6.54 Å². The van der Waals surface area contributed by atoms with Crippen molar-refractivity contribution in [1.29, 1.82) is 0 Å². The van der Waals surface area contributed by atoms with Crippen LogP contribution in [0.3, 0.4) is 0 Å². The predicted molar refractivity (Wildman–Crippen MR) is 71.1 cm³/mol. The Morgan fingerprint density at radius 1 is 1.35 bits per heavy atom. The molecule has 0 amide bonds. The van der Waals surface area contributed by atoms with Crippen LogP contribution in [0.5, 0.6) is 0 Å². The van der Waals surface area contributed by atoms with Gasteiger partial charge in [-0.15, -0.1) is 0 Å². The van der Waals surface area contributed by atoms with Gasteiger partial charge in [-0.1, -0.05) is 30.7 Å². The van der Waals surface area contributed by atoms with Crippen LogP contribution in [0.15, 0.2) is 18.2 Å². The second kappa shape index (κ2) is 5.65. The molecule has 0 spiro atoms. The standard InChI is InChI=1S/C15H23NO/c1-11-4-5-12(2)14(8-11)10-17-15-9-16-7-6-13(15)3/h4-5,8,13,15-16H,6-7,9-10H2,1-3H3. The lowest BCUT2D eigenvalue weighted by Gasteiger charge is -2.29. The van der Waals surface area contributed by atoms with E-state index in [1.54, 1.807) is 0 Å². The van der Waals surface area contributed by atoms with Crippen molar-refractivity contribution in [2.45, 2.75) is 39.9 Å². The maximum absolute atomic E-state index is 6.05. The van der Waals surface area contributed by atoms with Crippen LogP contribution in [0.2, 0.25) is 0 Å². The zero-order valence-electron chi connectivity index (χ0n) is 11.1. The van der Waals surface area contributed by atoms with Crippen molar-refractivity contribution in [1.82, 2.24) is 5.32 Å². The number of hydrogen-bond acceptors (Lipinski definition) is 2. The second-order valence-electron chi connectivity index (χ2n) is 5.25. The third kappa shape index (κ3) is 3.30. The molecule has 0 aromatic heterocycles. The highest BCUT2D eigenvalue weighted by Crippen LogP contribution is 2.18. The molecule has 94 valence electrons. The van der Waals surface area contributed by atoms with Crippen molar-refractivity contribution in [2.24, 2.45) is 5.92 Å². The Labute approximate surface area is 104 Å². The van der Waals surface area contributed by atoms with Crippen molar-refractivity contribution in [2.75, 3.05) is 13.1 Å². The zero-order valence-corrected chi connectivity index (χ0v) is 11.1. The highest BCUT2D eigenvalue weighted by Gasteiger charge is 2.21. The summed E-state index contributed by atoms with van der Waals surface area (Å²) in [5, 5.41) is 3.40. The minimum absolute atomic E-state index is 0.365. The van der Waals surface area contributed by atoms with Crippen LogP contribution < -0.4 is 5.32 Å². The van der Waals surface area contributed by atoms with Gasteiger partial charge in [0.25, 0.3) is 0 Å². The first-order valence-electron chi connectivity index (χ1n) is 6.55. The second-order valence-corrected chi connectivity index (χ2v) is 5.25. The predicted octanol–water partition coefficient (Wildman–Crippen LogP) is 2.82. The number of benzene rings is 1. The van der Waals surface area contributed by atoms with E-state index >= 15 is 0 Å². The Morgan fingerprint density at radius 3 is 2.94 bits per heavy atom. The van der Waals surface area contributed by atoms with Gasteiger partial charge in [0.2, 0.25) is 0 Å². The number of piperidine rings is 1. The molecule has 2 atom stereocenters. The van der Waals surface area contributed by atoms with Crippen molar-refractivity contribution >= 4 is 0 Å². The Hall–Kier alpha value is -0.860. The summed E-state index contributed by atoms with van der Waals surface area (Å²) in [6.45, 7) is 9.43. The quantitative estimate of drug-likeness (QED) is 0.867. The molecule has 1 saturated heterocycles. The molecule has 0 aliphatic carbocycles. The van der Waals surface area contributed by atoms with Gasteiger partial charge >= 0.3 is 0 Å². The molecule has 1 N–H and O–H groups in total. The lowest BCUT2D eigenvalue weighted by atomic mass is 9.97. The van der Waals surface area contributed by atoms with E-state index in [4.69, 9.17) is 4.74 Å². The minimum atomic E-state index is 0.365. The van der Waals surface area contributed by atoms with E-state index < -0.39 is 0 Å². The van der Waals surface area contributed by atoms with Crippen molar-refractivity contribution < 1.29 is 4.74 Å². The molecule has 2 rings (SSSR count). The monoisotopic (exact) mass is 233 g/mol. The zero-order chi connectivity index (χ0) is 12.3. The molecule has 1 aromatic rings. The number of ether oxygens (including phenoxy) is 1. The Kier molecular flexibility index (Phi) is 4.19. The van der Waals surface area contributed by atoms with Crippen LogP contribution in [-0.4, -0.2) is 19.2 Å². The molecule has 2 unspecified atom stereocenters. The molecule has 0 saturated carbocycles. The maximum atomic E-state index is 6.05. The minimum Gasteiger partial charge on any atom is -0.372 e. The lowest BCUT2D eigenvalue weighted by molar-refractivity contribution is -0.00678. The average molecular weight is 233 g/mol. The van der Waals surface area contributed by atoms with E-state index in [2.05, 4.69) is 44.3 Å². The summed E-state index contributed by atoms with van der Waals surface area (Å²) >= 11 is 0. The summed E-state index contributed by atoms with van der Waals surface area (Å²) in [5.74, 6) is 0.668. The maximum Gasteiger partial charge on any atom is 0.0729 e. The van der Waals surface area contributed by atoms with Gasteiger partial charge < -0.3 is 10.1 Å². The van der Waals surface area contributed by atoms with E-state index in [1.807, 2.05) is 0 Å². The summed E-state index contributed by atoms with van der Waals surface area (Å²) < 4.78 is 6.05. The largest absolute Gasteiger partial charge is 0.372 e. The van der Waals surface area contributed by atoms with Crippen LogP contribution >= 0.6 is 0 Å². The Balaban J connectivity index is 1.94. The summed E-state index contributed by atoms with van der Waals surface area (Å²) in [6, 6.07) is 6.57. The molecule has 1 aliphatic rings. The van der Waals surface area contributed by atoms with Gasteiger partial charge in [-0.05, 0) is 43.9 Å². The molecule has 0 bridgehead atoms. The summed E-state index contributed by atoms with van der Waals surface area (Å²) in [5.41, 5.74) is 3.96. The van der Waals surface area contributed by atoms with E-state index in [0.29, 0.717) is 12.0 Å². The molecule has 17 heavy (non-hydrogen) atoms. The van der Waals surface area contributed by atoms with Crippen molar-refractivity contribution in [3.8, 4) is 0 Å². The highest BCUT2D eigenvalue weighted by atomic mass is 16.5. The lowest BCUT2D eigenvalue weighted by Crippen LogP contribution is -2.40. The molecule has 0 radical (unpaired) electrons. The Morgan fingerprint density at radius 2 is 2.18 bits per heavy atom. The fraction of sp³-hybridized carbons (Fsp3) is 0.600. The van der Waals surface area contributed by atoms with Crippen LogP contribution in [-0.2, 0) is 11.3 Å². The fourth-order valence-corrected chi connectivity index (χ4v) is 2.34. The van der Waals surface area contributed by atoms with Gasteiger partial charge in [0.05, 0.1) is 12.7 Å². The van der Waals surface area contributed by atoms with Gasteiger partial charge in [-0.3, -0.25) is 0 Å². The average Bonchev–Trinajstić information content (AvgIpc) is 2.32. The molecule has 1 aromatic carbocycles. The molecule has 2 heteroatoms. The van der Waals surface area contributed by atoms with Gasteiger partial charge in [-0.2, -0.15) is 0 Å². The molecular formula is C15H23NO. The number of hydrogen-bond donors (Lipinski definition) is 1. The SMILES string of the molecule is Cc1ccc(C)c(COC2CNCCC2C)c1. The molecule has 2 nitrogen and oxygen atoms in total. The van der Waals surface area contributed by atoms with E-state index in [9.17, 15) is 0 Å². The molecule has 1 aliphatic heterocycles. The van der Waals surface area contributed by atoms with Gasteiger partial charge in [-0.25, -0.2) is 0 Å². The fourth-order valence-electron chi connectivity index (χ4n) is 2.34. The first-order chi connectivity index (χ1) is 8.16. The summed E-state index contributed by atoms with van der Waals surface area (Å²) in [7, 11) is 0. The van der Waals surface area contributed by atoms with Crippen LogP contribution in [0.1, 0.15) is 30.0 Å². The Bertz CT molecular complexity index is 375. The van der Waals surface area contributed by atoms with E-state index in [-0.39, 0.29) is 0 Å². The first kappa shape index (κ1) is 12.6. The highest BCUT2D eigenvalue weighted by molar-refractivity contribution is 5.29. The third-order valence-corrected chi connectivity index (χ3v) is 3.71. The smallest absolute Gasteiger partial charge is 0.0729 e. The van der Waals surface area contributed by atoms with Crippen LogP contribution in [0, 0.1) is 19.8 Å². The summed E-state index contributed by atoms with van der Waals surface area (Å²) in [6.07, 6.45) is 1.58. The number of aryl methyl sites for hydroxylation is 2. The number of nitrogens with one attached hydrogen (secondary N) is 1. The van der Waals surface area contributed by atoms with Crippen LogP contribution in [0.4, 0.5) is 0 Å². The van der Waals surface area contributed by atoms with E-state index in [1.165, 1.54) is 23.1 Å². The molecule has 1 heterocycles. The first-order valence-corrected chi connectivity index (χ1v) is 6.55. The van der Waals surface area contributed by atoms with Gasteiger partial charge in [0.15, 0.2) is 0 Å². The summed E-state index contributed by atoms with van der Waals surface area (Å²) in [4.78, 5) is 0. The third-order valence-electron chi connectivity index (χ3n) is 3.71. The molecule has 1 fully saturated rings. The number of rotatable bonds is 3. The van der Waals surface area contributed by atoms with Crippen LogP contribution in [0.25, 0.3) is 0 Å². The van der Waals surface area contributed by atoms with Gasteiger partial charge in [0.1, 0.15) is 0 Å². The topological polar surface area (TPSA) is 21.3 Å². The van der Waals surface area contributed by atoms with Crippen molar-refractivity contribution in [3.05, 3.63) is 34.9 Å². The van der Waals surface area contributed by atoms with Crippen molar-refractivity contribution in [3.63, 3.8) is 0 Å².